The Morgan fingerprint density at radius 2 is 1.89 bits per heavy atom. The van der Waals surface area contributed by atoms with Crippen molar-refractivity contribution in [2.75, 3.05) is 12.8 Å². The second-order valence-electron chi connectivity index (χ2n) is 5.07. The zero-order valence-corrected chi connectivity index (χ0v) is 11.9. The molecule has 4 heteroatoms. The van der Waals surface area contributed by atoms with Gasteiger partial charge in [0.25, 0.3) is 0 Å². The lowest BCUT2D eigenvalue weighted by Crippen LogP contribution is -2.24. The van der Waals surface area contributed by atoms with Crippen LogP contribution < -0.4 is 5.73 Å². The first-order chi connectivity index (χ1) is 9.23. The third-order valence-electron chi connectivity index (χ3n) is 3.90. The molecule has 19 heavy (non-hydrogen) atoms. The van der Waals surface area contributed by atoms with Gasteiger partial charge < -0.3 is 10.5 Å². The highest BCUT2D eigenvalue weighted by atomic mass is 32.1. The Hall–Kier alpha value is -1.39. The number of nitrogens with two attached hydrogens (primary N) is 1. The largest absolute Gasteiger partial charge is 0.399 e. The fourth-order valence-corrected chi connectivity index (χ4v) is 3.79. The van der Waals surface area contributed by atoms with Gasteiger partial charge >= 0.3 is 0 Å². The summed E-state index contributed by atoms with van der Waals surface area (Å²) < 4.78 is 5.78. The molecule has 1 aromatic heterocycles. The molecule has 1 saturated carbocycles. The molecule has 0 atom stereocenters. The number of nitrogen functional groups attached to an aromatic ring is 1. The molecule has 2 aromatic rings. The van der Waals surface area contributed by atoms with Crippen LogP contribution in [0.4, 0.5) is 5.69 Å². The van der Waals surface area contributed by atoms with Crippen molar-refractivity contribution in [3.63, 3.8) is 0 Å². The highest BCUT2D eigenvalue weighted by Gasteiger charge is 2.38. The number of anilines is 1. The van der Waals surface area contributed by atoms with E-state index in [0.717, 1.165) is 34.8 Å². The summed E-state index contributed by atoms with van der Waals surface area (Å²) >= 11 is 1.70. The molecular formula is C15H18N2OS. The quantitative estimate of drug-likeness (QED) is 0.866. The fraction of sp³-hybridized carbons (Fsp3) is 0.400. The first-order valence-corrected chi connectivity index (χ1v) is 7.48. The Morgan fingerprint density at radius 1 is 1.21 bits per heavy atom. The molecule has 0 saturated heterocycles. The van der Waals surface area contributed by atoms with Crippen LogP contribution in [0.15, 0.2) is 29.6 Å². The van der Waals surface area contributed by atoms with Gasteiger partial charge in [-0.15, -0.1) is 11.3 Å². The van der Waals surface area contributed by atoms with Crippen LogP contribution in [-0.2, 0) is 10.3 Å². The number of methoxy groups -OCH3 is 1. The van der Waals surface area contributed by atoms with Crippen LogP contribution in [0.1, 0.15) is 30.7 Å². The summed E-state index contributed by atoms with van der Waals surface area (Å²) in [6, 6.07) is 7.86. The summed E-state index contributed by atoms with van der Waals surface area (Å²) in [7, 11) is 1.80. The first-order valence-electron chi connectivity index (χ1n) is 6.61. The molecule has 2 N–H and O–H groups in total. The van der Waals surface area contributed by atoms with E-state index in [4.69, 9.17) is 15.5 Å². The SMILES string of the molecule is COC1(c2nc(-c3ccc(N)cc3)cs2)CCCC1. The van der Waals surface area contributed by atoms with Crippen LogP contribution in [0, 0.1) is 0 Å². The van der Waals surface area contributed by atoms with Crippen molar-refractivity contribution in [3.8, 4) is 11.3 Å². The van der Waals surface area contributed by atoms with Crippen molar-refractivity contribution < 1.29 is 4.74 Å². The monoisotopic (exact) mass is 274 g/mol. The van der Waals surface area contributed by atoms with E-state index >= 15 is 0 Å². The molecular weight excluding hydrogens is 256 g/mol. The van der Waals surface area contributed by atoms with Crippen molar-refractivity contribution >= 4 is 17.0 Å². The van der Waals surface area contributed by atoms with Crippen molar-refractivity contribution in [2.45, 2.75) is 31.3 Å². The van der Waals surface area contributed by atoms with Gasteiger partial charge in [0.05, 0.1) is 5.69 Å². The molecule has 3 rings (SSSR count). The van der Waals surface area contributed by atoms with Crippen LogP contribution in [-0.4, -0.2) is 12.1 Å². The van der Waals surface area contributed by atoms with Gasteiger partial charge in [-0.2, -0.15) is 0 Å². The summed E-state index contributed by atoms with van der Waals surface area (Å²) in [6.45, 7) is 0. The Balaban J connectivity index is 1.92. The van der Waals surface area contributed by atoms with Crippen molar-refractivity contribution in [1.29, 1.82) is 0 Å². The Bertz CT molecular complexity index is 556. The van der Waals surface area contributed by atoms with Gasteiger partial charge in [0, 0.05) is 23.7 Å². The lowest BCUT2D eigenvalue weighted by Gasteiger charge is -2.24. The van der Waals surface area contributed by atoms with E-state index in [1.807, 2.05) is 24.3 Å². The Labute approximate surface area is 117 Å². The van der Waals surface area contributed by atoms with Gasteiger partial charge in [-0.3, -0.25) is 0 Å². The first kappa shape index (κ1) is 12.6. The molecule has 1 aromatic carbocycles. The number of hydrogen-bond acceptors (Lipinski definition) is 4. The number of ether oxygens (including phenoxy) is 1. The average Bonchev–Trinajstić information content (AvgIpc) is 3.09. The normalized spacial score (nSPS) is 17.7. The molecule has 1 heterocycles. The maximum Gasteiger partial charge on any atom is 0.125 e. The van der Waals surface area contributed by atoms with Gasteiger partial charge in [0.15, 0.2) is 0 Å². The predicted molar refractivity (Wildman–Crippen MR) is 79.1 cm³/mol. The summed E-state index contributed by atoms with van der Waals surface area (Å²) in [5.74, 6) is 0. The second-order valence-corrected chi connectivity index (χ2v) is 5.92. The molecule has 1 aliphatic carbocycles. The standard InChI is InChI=1S/C15H18N2OS/c1-18-15(8-2-3-9-15)14-17-13(10-19-14)11-4-6-12(16)7-5-11/h4-7,10H,2-3,8-9,16H2,1H3. The van der Waals surface area contributed by atoms with Crippen LogP contribution in [0.25, 0.3) is 11.3 Å². The molecule has 1 aliphatic rings. The highest BCUT2D eigenvalue weighted by Crippen LogP contribution is 2.43. The molecule has 3 nitrogen and oxygen atoms in total. The number of benzene rings is 1. The molecule has 0 spiro atoms. The molecule has 0 bridgehead atoms. The Morgan fingerprint density at radius 3 is 2.53 bits per heavy atom. The van der Waals surface area contributed by atoms with E-state index in [9.17, 15) is 0 Å². The van der Waals surface area contributed by atoms with Crippen LogP contribution >= 0.6 is 11.3 Å². The topological polar surface area (TPSA) is 48.1 Å². The zero-order valence-electron chi connectivity index (χ0n) is 11.1. The average molecular weight is 274 g/mol. The second kappa shape index (κ2) is 4.94. The van der Waals surface area contributed by atoms with E-state index < -0.39 is 0 Å². The van der Waals surface area contributed by atoms with E-state index in [1.54, 1.807) is 18.4 Å². The summed E-state index contributed by atoms with van der Waals surface area (Å²) in [6.07, 6.45) is 4.62. The molecule has 0 aliphatic heterocycles. The van der Waals surface area contributed by atoms with Crippen molar-refractivity contribution in [2.24, 2.45) is 0 Å². The minimum atomic E-state index is -0.142. The summed E-state index contributed by atoms with van der Waals surface area (Å²) in [5.41, 5.74) is 8.48. The molecule has 100 valence electrons. The van der Waals surface area contributed by atoms with Gasteiger partial charge in [-0.25, -0.2) is 4.98 Å². The zero-order chi connectivity index (χ0) is 13.3. The van der Waals surface area contributed by atoms with Crippen molar-refractivity contribution in [3.05, 3.63) is 34.7 Å². The van der Waals surface area contributed by atoms with Gasteiger partial charge in [0.2, 0.25) is 0 Å². The number of thiazole rings is 1. The number of hydrogen-bond donors (Lipinski definition) is 1. The lowest BCUT2D eigenvalue weighted by molar-refractivity contribution is -0.00879. The number of rotatable bonds is 3. The van der Waals surface area contributed by atoms with E-state index in [0.29, 0.717) is 0 Å². The minimum absolute atomic E-state index is 0.142. The van der Waals surface area contributed by atoms with Gasteiger partial charge in [0.1, 0.15) is 10.6 Å². The summed E-state index contributed by atoms with van der Waals surface area (Å²) in [5, 5.41) is 3.22. The lowest BCUT2D eigenvalue weighted by atomic mass is 10.0. The molecule has 1 fully saturated rings. The molecule has 0 radical (unpaired) electrons. The number of nitrogens with zero attached hydrogens (tertiary/aromatic N) is 1. The van der Waals surface area contributed by atoms with Crippen molar-refractivity contribution in [1.82, 2.24) is 4.98 Å². The van der Waals surface area contributed by atoms with E-state index in [1.165, 1.54) is 12.8 Å². The third kappa shape index (κ3) is 2.26. The van der Waals surface area contributed by atoms with Gasteiger partial charge in [-0.05, 0) is 25.0 Å². The molecule has 0 unspecified atom stereocenters. The smallest absolute Gasteiger partial charge is 0.125 e. The maximum atomic E-state index is 5.78. The minimum Gasteiger partial charge on any atom is -0.399 e. The number of aromatic nitrogens is 1. The van der Waals surface area contributed by atoms with E-state index in [2.05, 4.69) is 5.38 Å². The molecule has 0 amide bonds. The van der Waals surface area contributed by atoms with Crippen LogP contribution in [0.3, 0.4) is 0 Å². The van der Waals surface area contributed by atoms with Crippen LogP contribution in [0.5, 0.6) is 0 Å². The highest BCUT2D eigenvalue weighted by molar-refractivity contribution is 7.10. The van der Waals surface area contributed by atoms with Gasteiger partial charge in [-0.1, -0.05) is 25.0 Å². The van der Waals surface area contributed by atoms with E-state index in [-0.39, 0.29) is 5.60 Å². The fourth-order valence-electron chi connectivity index (χ4n) is 2.72. The predicted octanol–water partition coefficient (Wildman–Crippen LogP) is 3.81. The summed E-state index contributed by atoms with van der Waals surface area (Å²) in [4.78, 5) is 4.79. The third-order valence-corrected chi connectivity index (χ3v) is 4.93. The maximum absolute atomic E-state index is 5.78. The van der Waals surface area contributed by atoms with Crippen LogP contribution in [0.2, 0.25) is 0 Å². The Kier molecular flexibility index (Phi) is 3.29.